The number of hydrogen-bond donors (Lipinski definition) is 2. The number of piperazine rings is 1. The van der Waals surface area contributed by atoms with Gasteiger partial charge in [0.2, 0.25) is 5.91 Å². The van der Waals surface area contributed by atoms with Crippen LogP contribution in [0.15, 0.2) is 48.8 Å². The fourth-order valence-corrected chi connectivity index (χ4v) is 5.02. The van der Waals surface area contributed by atoms with Gasteiger partial charge in [-0.25, -0.2) is 9.97 Å². The molecule has 2 fully saturated rings. The molecule has 0 spiro atoms. The van der Waals surface area contributed by atoms with Crippen LogP contribution in [-0.2, 0) is 11.0 Å². The van der Waals surface area contributed by atoms with E-state index >= 15 is 0 Å². The SMILES string of the molecule is O=C(c1c[nH]c(-c2nc3cnc(N4CCN5C(=O)CC[C@@H]5C4)cc3[nH]2)c1)c1ccccc1C(F)(F)F. The van der Waals surface area contributed by atoms with E-state index in [0.29, 0.717) is 36.5 Å². The van der Waals surface area contributed by atoms with Gasteiger partial charge in [0.15, 0.2) is 11.6 Å². The number of aromatic amines is 2. The van der Waals surface area contributed by atoms with Crippen molar-refractivity contribution in [3.8, 4) is 11.5 Å². The van der Waals surface area contributed by atoms with Gasteiger partial charge in [-0.2, -0.15) is 13.2 Å². The van der Waals surface area contributed by atoms with E-state index in [1.54, 1.807) is 6.20 Å². The van der Waals surface area contributed by atoms with Crippen LogP contribution in [0.3, 0.4) is 0 Å². The molecule has 8 nitrogen and oxygen atoms in total. The summed E-state index contributed by atoms with van der Waals surface area (Å²) in [5, 5.41) is 0. The number of halogens is 3. The highest BCUT2D eigenvalue weighted by molar-refractivity contribution is 6.10. The predicted octanol–water partition coefficient (Wildman–Crippen LogP) is 4.01. The van der Waals surface area contributed by atoms with Gasteiger partial charge in [-0.1, -0.05) is 18.2 Å². The second-order valence-electron chi connectivity index (χ2n) is 9.05. The molecule has 11 heteroatoms. The van der Waals surface area contributed by atoms with Crippen LogP contribution in [0.5, 0.6) is 0 Å². The van der Waals surface area contributed by atoms with Gasteiger partial charge >= 0.3 is 6.18 Å². The Morgan fingerprint density at radius 2 is 1.97 bits per heavy atom. The molecular formula is C25H21F3N6O2. The summed E-state index contributed by atoms with van der Waals surface area (Å²) in [7, 11) is 0. The van der Waals surface area contributed by atoms with Crippen molar-refractivity contribution in [1.82, 2.24) is 24.8 Å². The van der Waals surface area contributed by atoms with Gasteiger partial charge in [0, 0.05) is 55.5 Å². The number of carbonyl (C=O) groups excluding carboxylic acids is 2. The normalized spacial score (nSPS) is 18.2. The van der Waals surface area contributed by atoms with Crippen molar-refractivity contribution < 1.29 is 22.8 Å². The monoisotopic (exact) mass is 494 g/mol. The van der Waals surface area contributed by atoms with Gasteiger partial charge in [-0.05, 0) is 18.6 Å². The Morgan fingerprint density at radius 1 is 1.14 bits per heavy atom. The molecule has 0 aliphatic carbocycles. The number of amides is 1. The molecule has 2 aliphatic rings. The van der Waals surface area contributed by atoms with Crippen LogP contribution in [0.4, 0.5) is 19.0 Å². The molecule has 2 N–H and O–H groups in total. The molecule has 6 rings (SSSR count). The van der Waals surface area contributed by atoms with E-state index in [9.17, 15) is 22.8 Å². The first-order valence-corrected chi connectivity index (χ1v) is 11.6. The standard InChI is InChI=1S/C25H21F3N6O2/c26-25(27,28)17-4-2-1-3-16(17)23(36)14-9-19(29-11-14)24-31-18-10-21(30-12-20(18)32-24)33-7-8-34-15(13-33)5-6-22(34)35/h1-4,9-12,15,29H,5-8,13H2,(H,31,32)/t15-/m1/s1. The van der Waals surface area contributed by atoms with E-state index < -0.39 is 23.1 Å². The number of nitrogens with zero attached hydrogens (tertiary/aromatic N) is 4. The smallest absolute Gasteiger partial charge is 0.358 e. The number of H-pyrrole nitrogens is 2. The Hall–Kier alpha value is -4.15. The topological polar surface area (TPSA) is 98.0 Å². The van der Waals surface area contributed by atoms with E-state index in [2.05, 4.69) is 24.8 Å². The first kappa shape index (κ1) is 22.3. The summed E-state index contributed by atoms with van der Waals surface area (Å²) >= 11 is 0. The summed E-state index contributed by atoms with van der Waals surface area (Å²) in [5.74, 6) is 0.711. The molecule has 2 aliphatic heterocycles. The molecule has 0 saturated carbocycles. The van der Waals surface area contributed by atoms with Crippen molar-refractivity contribution in [2.24, 2.45) is 0 Å². The van der Waals surface area contributed by atoms with Crippen LogP contribution < -0.4 is 4.90 Å². The number of pyridine rings is 1. The van der Waals surface area contributed by atoms with Crippen LogP contribution in [0.2, 0.25) is 0 Å². The number of anilines is 1. The molecule has 2 saturated heterocycles. The van der Waals surface area contributed by atoms with E-state index in [1.165, 1.54) is 30.5 Å². The first-order chi connectivity index (χ1) is 17.3. The van der Waals surface area contributed by atoms with Gasteiger partial charge in [-0.15, -0.1) is 0 Å². The number of nitrogens with one attached hydrogen (secondary N) is 2. The van der Waals surface area contributed by atoms with E-state index in [4.69, 9.17) is 0 Å². The number of alkyl halides is 3. The number of fused-ring (bicyclic) bond motifs is 2. The predicted molar refractivity (Wildman–Crippen MR) is 125 cm³/mol. The van der Waals surface area contributed by atoms with Crippen molar-refractivity contribution in [3.63, 3.8) is 0 Å². The summed E-state index contributed by atoms with van der Waals surface area (Å²) in [4.78, 5) is 44.1. The van der Waals surface area contributed by atoms with Gasteiger partial charge in [-0.3, -0.25) is 9.59 Å². The van der Waals surface area contributed by atoms with Gasteiger partial charge in [0.25, 0.3) is 0 Å². The van der Waals surface area contributed by atoms with E-state index in [1.807, 2.05) is 11.0 Å². The molecular weight excluding hydrogens is 473 g/mol. The number of aromatic nitrogens is 4. The quantitative estimate of drug-likeness (QED) is 0.418. The number of benzene rings is 1. The molecule has 1 aromatic carbocycles. The highest BCUT2D eigenvalue weighted by atomic mass is 19.4. The Morgan fingerprint density at radius 3 is 2.81 bits per heavy atom. The van der Waals surface area contributed by atoms with Crippen LogP contribution >= 0.6 is 0 Å². The number of carbonyl (C=O) groups is 2. The molecule has 1 atom stereocenters. The Balaban J connectivity index is 1.25. The lowest BCUT2D eigenvalue weighted by molar-refractivity contribution is -0.138. The molecule has 184 valence electrons. The average molecular weight is 494 g/mol. The number of imidazole rings is 1. The Labute approximate surface area is 203 Å². The first-order valence-electron chi connectivity index (χ1n) is 11.6. The molecule has 0 radical (unpaired) electrons. The Bertz CT molecular complexity index is 1490. The maximum Gasteiger partial charge on any atom is 0.417 e. The lowest BCUT2D eigenvalue weighted by Crippen LogP contribution is -2.51. The fraction of sp³-hybridized carbons (Fsp3) is 0.280. The number of hydrogen-bond acceptors (Lipinski definition) is 5. The molecule has 1 amide bonds. The van der Waals surface area contributed by atoms with Crippen LogP contribution in [-0.4, -0.2) is 62.2 Å². The minimum atomic E-state index is -4.63. The van der Waals surface area contributed by atoms with E-state index in [0.717, 1.165) is 30.4 Å². The maximum atomic E-state index is 13.4. The summed E-state index contributed by atoms with van der Waals surface area (Å²) in [6.45, 7) is 2.10. The van der Waals surface area contributed by atoms with Crippen LogP contribution in [0, 0.1) is 0 Å². The van der Waals surface area contributed by atoms with Crippen molar-refractivity contribution in [3.05, 3.63) is 65.5 Å². The molecule has 3 aromatic heterocycles. The van der Waals surface area contributed by atoms with Gasteiger partial charge in [0.1, 0.15) is 11.3 Å². The van der Waals surface area contributed by atoms with Crippen molar-refractivity contribution in [1.29, 1.82) is 0 Å². The van der Waals surface area contributed by atoms with Crippen molar-refractivity contribution in [2.45, 2.75) is 25.1 Å². The molecule has 4 aromatic rings. The summed E-state index contributed by atoms with van der Waals surface area (Å²) in [6, 6.07) is 8.32. The maximum absolute atomic E-state index is 13.4. The molecule has 0 bridgehead atoms. The second-order valence-corrected chi connectivity index (χ2v) is 9.05. The molecule has 36 heavy (non-hydrogen) atoms. The van der Waals surface area contributed by atoms with Gasteiger partial charge in [0.05, 0.1) is 23.0 Å². The molecule has 0 unspecified atom stereocenters. The highest BCUT2D eigenvalue weighted by Crippen LogP contribution is 2.33. The third-order valence-corrected chi connectivity index (χ3v) is 6.85. The zero-order valence-corrected chi connectivity index (χ0v) is 19.0. The molecule has 5 heterocycles. The van der Waals surface area contributed by atoms with Crippen molar-refractivity contribution in [2.75, 3.05) is 24.5 Å². The number of ketones is 1. The summed E-state index contributed by atoms with van der Waals surface area (Å²) in [5.41, 5.74) is 0.558. The second kappa shape index (κ2) is 8.21. The van der Waals surface area contributed by atoms with Gasteiger partial charge < -0.3 is 19.8 Å². The van der Waals surface area contributed by atoms with Crippen molar-refractivity contribution >= 4 is 28.5 Å². The summed E-state index contributed by atoms with van der Waals surface area (Å²) < 4.78 is 40.1. The third kappa shape index (κ3) is 3.80. The fourth-order valence-electron chi connectivity index (χ4n) is 5.02. The average Bonchev–Trinajstić information content (AvgIpc) is 3.61. The van der Waals surface area contributed by atoms with E-state index in [-0.39, 0.29) is 17.5 Å². The minimum absolute atomic E-state index is 0.102. The largest absolute Gasteiger partial charge is 0.417 e. The number of rotatable bonds is 4. The lowest BCUT2D eigenvalue weighted by Gasteiger charge is -2.38. The minimum Gasteiger partial charge on any atom is -0.358 e. The zero-order chi connectivity index (χ0) is 25.0. The zero-order valence-electron chi connectivity index (χ0n) is 19.0. The van der Waals surface area contributed by atoms with Crippen LogP contribution in [0.1, 0.15) is 34.3 Å². The Kier molecular flexibility index (Phi) is 5.09. The lowest BCUT2D eigenvalue weighted by atomic mass is 9.99. The highest BCUT2D eigenvalue weighted by Gasteiger charge is 2.36. The van der Waals surface area contributed by atoms with Crippen LogP contribution in [0.25, 0.3) is 22.6 Å². The third-order valence-electron chi connectivity index (χ3n) is 6.85. The summed E-state index contributed by atoms with van der Waals surface area (Å²) in [6.07, 6.45) is -0.144.